The predicted octanol–water partition coefficient (Wildman–Crippen LogP) is 6.49. The molecule has 0 bridgehead atoms. The third-order valence-corrected chi connectivity index (χ3v) is 4.47. The van der Waals surface area contributed by atoms with Crippen LogP contribution in [0.5, 0.6) is 0 Å². The zero-order valence-electron chi connectivity index (χ0n) is 13.2. The fraction of sp³-hybridized carbons (Fsp3) is 0. The normalized spacial score (nSPS) is 10.5. The first kappa shape index (κ1) is 19.4. The van der Waals surface area contributed by atoms with E-state index in [-0.39, 0.29) is 27.4 Å². The molecule has 1 aromatic heterocycles. The summed E-state index contributed by atoms with van der Waals surface area (Å²) in [4.78, 5) is 18.9. The average Bonchev–Trinajstić information content (AvgIpc) is 2.60. The first-order valence-corrected chi connectivity index (χ1v) is 8.80. The molecule has 0 fully saturated rings. The van der Waals surface area contributed by atoms with Crippen molar-refractivity contribution in [3.8, 4) is 0 Å². The van der Waals surface area contributed by atoms with Crippen molar-refractivity contribution in [2.45, 2.75) is 0 Å². The Morgan fingerprint density at radius 2 is 1.26 bits per heavy atom. The average molecular weight is 445 g/mol. The Morgan fingerprint density at radius 3 is 1.63 bits per heavy atom. The van der Waals surface area contributed by atoms with E-state index in [9.17, 15) is 10.1 Å². The lowest BCUT2D eigenvalue weighted by molar-refractivity contribution is -0.383. The molecule has 0 aliphatic heterocycles. The summed E-state index contributed by atoms with van der Waals surface area (Å²) in [5.74, 6) is -0.0985. The SMILES string of the molecule is O=[N+]([O-])c1c(Nc2ccc(Cl)cc2Cl)ncnc1Nc1ccc(Cl)cc1Cl. The van der Waals surface area contributed by atoms with Crippen LogP contribution in [0.15, 0.2) is 42.7 Å². The molecule has 7 nitrogen and oxygen atoms in total. The molecular weight excluding hydrogens is 436 g/mol. The molecule has 0 unspecified atom stereocenters. The van der Waals surface area contributed by atoms with Gasteiger partial charge in [0.1, 0.15) is 6.33 Å². The number of hydrogen-bond acceptors (Lipinski definition) is 6. The highest BCUT2D eigenvalue weighted by molar-refractivity contribution is 6.37. The van der Waals surface area contributed by atoms with E-state index >= 15 is 0 Å². The van der Waals surface area contributed by atoms with Gasteiger partial charge in [-0.1, -0.05) is 46.4 Å². The van der Waals surface area contributed by atoms with Crippen LogP contribution in [0.25, 0.3) is 0 Å². The highest BCUT2D eigenvalue weighted by atomic mass is 35.5. The Hall–Kier alpha value is -2.32. The predicted molar refractivity (Wildman–Crippen MR) is 108 cm³/mol. The van der Waals surface area contributed by atoms with Crippen LogP contribution in [0, 0.1) is 10.1 Å². The van der Waals surface area contributed by atoms with Gasteiger partial charge in [-0.2, -0.15) is 0 Å². The summed E-state index contributed by atoms with van der Waals surface area (Å²) in [5, 5.41) is 18.7. The monoisotopic (exact) mass is 443 g/mol. The van der Waals surface area contributed by atoms with Crippen LogP contribution in [0.2, 0.25) is 20.1 Å². The Balaban J connectivity index is 2.01. The second-order valence-corrected chi connectivity index (χ2v) is 6.86. The van der Waals surface area contributed by atoms with Gasteiger partial charge in [-0.25, -0.2) is 9.97 Å². The largest absolute Gasteiger partial charge is 0.353 e. The van der Waals surface area contributed by atoms with Crippen molar-refractivity contribution in [3.63, 3.8) is 0 Å². The van der Waals surface area contributed by atoms with Gasteiger partial charge in [-0.15, -0.1) is 0 Å². The van der Waals surface area contributed by atoms with Gasteiger partial charge in [0, 0.05) is 10.0 Å². The lowest BCUT2D eigenvalue weighted by Gasteiger charge is -2.12. The lowest BCUT2D eigenvalue weighted by atomic mass is 10.3. The molecule has 3 aromatic rings. The Bertz CT molecular complexity index is 960. The lowest BCUT2D eigenvalue weighted by Crippen LogP contribution is -2.06. The molecule has 27 heavy (non-hydrogen) atoms. The molecule has 0 aliphatic rings. The summed E-state index contributed by atoms with van der Waals surface area (Å²) in [5.41, 5.74) is 0.422. The van der Waals surface area contributed by atoms with Crippen LogP contribution in [0.4, 0.5) is 28.7 Å². The van der Waals surface area contributed by atoms with E-state index in [1.807, 2.05) is 0 Å². The summed E-state index contributed by atoms with van der Waals surface area (Å²) in [7, 11) is 0. The summed E-state index contributed by atoms with van der Waals surface area (Å²) in [6, 6.07) is 9.36. The molecule has 3 rings (SSSR count). The van der Waals surface area contributed by atoms with Crippen molar-refractivity contribution < 1.29 is 4.92 Å². The molecular formula is C16H9Cl4N5O2. The molecule has 0 aliphatic carbocycles. The second kappa shape index (κ2) is 8.14. The molecule has 0 atom stereocenters. The topological polar surface area (TPSA) is 93.0 Å². The van der Waals surface area contributed by atoms with E-state index in [0.717, 1.165) is 0 Å². The highest BCUT2D eigenvalue weighted by Crippen LogP contribution is 2.37. The van der Waals surface area contributed by atoms with Crippen molar-refractivity contribution in [1.29, 1.82) is 0 Å². The minimum atomic E-state index is -0.613. The zero-order valence-corrected chi connectivity index (χ0v) is 16.2. The number of aromatic nitrogens is 2. The van der Waals surface area contributed by atoms with Crippen LogP contribution in [-0.4, -0.2) is 14.9 Å². The van der Waals surface area contributed by atoms with E-state index < -0.39 is 4.92 Å². The van der Waals surface area contributed by atoms with E-state index in [1.54, 1.807) is 24.3 Å². The fourth-order valence-corrected chi connectivity index (χ4v) is 3.08. The summed E-state index contributed by atoms with van der Waals surface area (Å²) >= 11 is 24.0. The van der Waals surface area contributed by atoms with E-state index in [0.29, 0.717) is 21.4 Å². The molecule has 0 radical (unpaired) electrons. The number of halogens is 4. The Kier molecular flexibility index (Phi) is 5.86. The van der Waals surface area contributed by atoms with E-state index in [1.165, 1.54) is 18.5 Å². The third-order valence-electron chi connectivity index (χ3n) is 3.37. The molecule has 0 saturated carbocycles. The van der Waals surface area contributed by atoms with Crippen LogP contribution < -0.4 is 10.6 Å². The van der Waals surface area contributed by atoms with Gasteiger partial charge in [-0.3, -0.25) is 10.1 Å². The van der Waals surface area contributed by atoms with Crippen LogP contribution in [-0.2, 0) is 0 Å². The quantitative estimate of drug-likeness (QED) is 0.345. The van der Waals surface area contributed by atoms with Gasteiger partial charge >= 0.3 is 5.69 Å². The summed E-state index contributed by atoms with van der Waals surface area (Å²) in [6.07, 6.45) is 1.17. The molecule has 11 heteroatoms. The van der Waals surface area contributed by atoms with Crippen molar-refractivity contribution in [2.75, 3.05) is 10.6 Å². The van der Waals surface area contributed by atoms with Gasteiger partial charge in [0.15, 0.2) is 0 Å². The number of nitrogens with zero attached hydrogens (tertiary/aromatic N) is 3. The standard InChI is InChI=1S/C16H9Cl4N5O2/c17-8-1-3-12(10(19)5-8)23-15-14(25(26)27)16(22-7-21-15)24-13-4-2-9(18)6-11(13)20/h1-7H,(H2,21,22,23,24). The van der Waals surface area contributed by atoms with Crippen LogP contribution >= 0.6 is 46.4 Å². The molecule has 2 aromatic carbocycles. The number of benzene rings is 2. The van der Waals surface area contributed by atoms with Gasteiger partial charge in [0.2, 0.25) is 11.6 Å². The molecule has 138 valence electrons. The van der Waals surface area contributed by atoms with Gasteiger partial charge in [0.05, 0.1) is 26.3 Å². The Labute approximate surface area is 173 Å². The van der Waals surface area contributed by atoms with Crippen molar-refractivity contribution in [1.82, 2.24) is 9.97 Å². The number of anilines is 4. The first-order valence-electron chi connectivity index (χ1n) is 7.28. The maximum atomic E-state index is 11.6. The number of rotatable bonds is 5. The van der Waals surface area contributed by atoms with Gasteiger partial charge in [-0.05, 0) is 36.4 Å². The maximum Gasteiger partial charge on any atom is 0.353 e. The molecule has 1 heterocycles. The summed E-state index contributed by atoms with van der Waals surface area (Å²) in [6.45, 7) is 0. The zero-order chi connectivity index (χ0) is 19.6. The molecule has 0 spiro atoms. The van der Waals surface area contributed by atoms with Gasteiger partial charge < -0.3 is 10.6 Å². The van der Waals surface area contributed by atoms with E-state index in [4.69, 9.17) is 46.4 Å². The molecule has 0 saturated heterocycles. The minimum Gasteiger partial charge on any atom is -0.333 e. The van der Waals surface area contributed by atoms with Crippen molar-refractivity contribution >= 4 is 75.1 Å². The van der Waals surface area contributed by atoms with Crippen LogP contribution in [0.1, 0.15) is 0 Å². The number of nitro groups is 1. The smallest absolute Gasteiger partial charge is 0.333 e. The molecule has 2 N–H and O–H groups in total. The maximum absolute atomic E-state index is 11.6. The number of hydrogen-bond donors (Lipinski definition) is 2. The summed E-state index contributed by atoms with van der Waals surface area (Å²) < 4.78 is 0. The first-order chi connectivity index (χ1) is 12.8. The van der Waals surface area contributed by atoms with Crippen LogP contribution in [0.3, 0.4) is 0 Å². The van der Waals surface area contributed by atoms with Crippen molar-refractivity contribution in [2.24, 2.45) is 0 Å². The second-order valence-electron chi connectivity index (χ2n) is 5.17. The van der Waals surface area contributed by atoms with Crippen molar-refractivity contribution in [3.05, 3.63) is 72.9 Å². The minimum absolute atomic E-state index is 0.0493. The highest BCUT2D eigenvalue weighted by Gasteiger charge is 2.24. The fourth-order valence-electron chi connectivity index (χ4n) is 2.17. The van der Waals surface area contributed by atoms with Gasteiger partial charge in [0.25, 0.3) is 0 Å². The molecule has 0 amide bonds. The number of nitrogens with one attached hydrogen (secondary N) is 2. The van der Waals surface area contributed by atoms with E-state index in [2.05, 4.69) is 20.6 Å². The Morgan fingerprint density at radius 1 is 0.815 bits per heavy atom. The third kappa shape index (κ3) is 4.51.